The predicted molar refractivity (Wildman–Crippen MR) is 82.7 cm³/mol. The molecule has 2 heterocycles. The first-order valence-electron chi connectivity index (χ1n) is 6.24. The lowest BCUT2D eigenvalue weighted by Gasteiger charge is -2.33. The molecule has 1 aliphatic rings. The van der Waals surface area contributed by atoms with Crippen LogP contribution in [0.1, 0.15) is 38.5 Å². The van der Waals surface area contributed by atoms with Crippen LogP contribution in [0, 0.1) is 0 Å². The van der Waals surface area contributed by atoms with Gasteiger partial charge in [0, 0.05) is 28.0 Å². The Balaban J connectivity index is 2.27. The summed E-state index contributed by atoms with van der Waals surface area (Å²) < 4.78 is 1.96. The van der Waals surface area contributed by atoms with Gasteiger partial charge in [0.25, 0.3) is 0 Å². The van der Waals surface area contributed by atoms with Crippen molar-refractivity contribution in [1.29, 1.82) is 0 Å². The summed E-state index contributed by atoms with van der Waals surface area (Å²) in [6, 6.07) is 0.241. The van der Waals surface area contributed by atoms with Crippen molar-refractivity contribution < 1.29 is 0 Å². The van der Waals surface area contributed by atoms with Gasteiger partial charge >= 0.3 is 0 Å². The number of halogens is 1. The van der Waals surface area contributed by atoms with Crippen LogP contribution < -0.4 is 5.73 Å². The number of nitrogens with two attached hydrogens (primary N) is 1. The Hall–Kier alpha value is 0.160. The lowest BCUT2D eigenvalue weighted by Crippen LogP contribution is -2.36. The largest absolute Gasteiger partial charge is 0.322 e. The number of hydrogen-bond acceptors (Lipinski definition) is 4. The third-order valence-corrected chi connectivity index (χ3v) is 6.69. The highest BCUT2D eigenvalue weighted by Gasteiger charge is 2.32. The van der Waals surface area contributed by atoms with Gasteiger partial charge in [-0.2, -0.15) is 28.6 Å². The Kier molecular flexibility index (Phi) is 4.92. The smallest absolute Gasteiger partial charge is 0.0834 e. The third-order valence-electron chi connectivity index (χ3n) is 3.18. The molecule has 0 bridgehead atoms. The van der Waals surface area contributed by atoms with Crippen molar-refractivity contribution in [3.05, 3.63) is 16.9 Å². The van der Waals surface area contributed by atoms with E-state index in [9.17, 15) is 0 Å². The van der Waals surface area contributed by atoms with E-state index in [0.29, 0.717) is 15.5 Å². The monoisotopic (exact) mass is 305 g/mol. The molecule has 0 radical (unpaired) electrons. The minimum atomic E-state index is -0.0461. The number of hydrogen-bond donors (Lipinski definition) is 1. The van der Waals surface area contributed by atoms with E-state index in [1.165, 1.54) is 11.5 Å². The Morgan fingerprint density at radius 1 is 1.44 bits per heavy atom. The first kappa shape index (κ1) is 14.6. The molecule has 18 heavy (non-hydrogen) atoms. The quantitative estimate of drug-likeness (QED) is 0.930. The molecule has 0 aliphatic carbocycles. The molecule has 1 fully saturated rings. The highest BCUT2D eigenvalue weighted by molar-refractivity contribution is 8.07. The van der Waals surface area contributed by atoms with Gasteiger partial charge in [0.2, 0.25) is 0 Å². The second-order valence-corrected chi connectivity index (χ2v) is 8.03. The van der Waals surface area contributed by atoms with Gasteiger partial charge in [-0.3, -0.25) is 4.68 Å². The lowest BCUT2D eigenvalue weighted by atomic mass is 10.1. The molecular weight excluding hydrogens is 286 g/mol. The molecule has 3 unspecified atom stereocenters. The van der Waals surface area contributed by atoms with Gasteiger partial charge in [0.1, 0.15) is 0 Å². The molecule has 3 nitrogen and oxygen atoms in total. The summed E-state index contributed by atoms with van der Waals surface area (Å²) in [4.78, 5) is 0. The van der Waals surface area contributed by atoms with E-state index in [2.05, 4.69) is 25.9 Å². The average molecular weight is 306 g/mol. The van der Waals surface area contributed by atoms with Crippen molar-refractivity contribution in [2.45, 2.75) is 43.4 Å². The van der Waals surface area contributed by atoms with Gasteiger partial charge in [-0.15, -0.1) is 0 Å². The fourth-order valence-electron chi connectivity index (χ4n) is 2.27. The Morgan fingerprint density at radius 2 is 2.11 bits per heavy atom. The SMILES string of the molecule is CC1SCCSC1C(N)c1c(Cl)cnn1C(C)C. The molecule has 2 rings (SSSR count). The Labute approximate surface area is 122 Å². The van der Waals surface area contributed by atoms with Crippen molar-refractivity contribution in [2.24, 2.45) is 5.73 Å². The summed E-state index contributed by atoms with van der Waals surface area (Å²) in [6.45, 7) is 6.46. The summed E-state index contributed by atoms with van der Waals surface area (Å²) in [5, 5.41) is 6.01. The maximum atomic E-state index is 6.46. The fourth-order valence-corrected chi connectivity index (χ4v) is 5.38. The highest BCUT2D eigenvalue weighted by Crippen LogP contribution is 2.39. The summed E-state index contributed by atoms with van der Waals surface area (Å²) in [6.07, 6.45) is 1.71. The maximum absolute atomic E-state index is 6.46. The zero-order chi connectivity index (χ0) is 13.3. The van der Waals surface area contributed by atoms with Crippen molar-refractivity contribution >= 4 is 35.1 Å². The van der Waals surface area contributed by atoms with Crippen molar-refractivity contribution in [3.8, 4) is 0 Å². The van der Waals surface area contributed by atoms with Crippen LogP contribution in [0.5, 0.6) is 0 Å². The molecule has 0 aromatic carbocycles. The van der Waals surface area contributed by atoms with E-state index in [1.54, 1.807) is 6.20 Å². The molecule has 1 saturated heterocycles. The van der Waals surface area contributed by atoms with Crippen LogP contribution in [0.25, 0.3) is 0 Å². The molecule has 1 aromatic heterocycles. The van der Waals surface area contributed by atoms with E-state index in [1.807, 2.05) is 28.2 Å². The zero-order valence-corrected chi connectivity index (χ0v) is 13.4. The van der Waals surface area contributed by atoms with Crippen molar-refractivity contribution in [2.75, 3.05) is 11.5 Å². The third kappa shape index (κ3) is 2.84. The molecule has 0 spiro atoms. The summed E-state index contributed by atoms with van der Waals surface area (Å²) in [5.74, 6) is 2.38. The van der Waals surface area contributed by atoms with Crippen LogP contribution in [-0.2, 0) is 0 Å². The van der Waals surface area contributed by atoms with Crippen molar-refractivity contribution in [1.82, 2.24) is 9.78 Å². The predicted octanol–water partition coefficient (Wildman–Crippen LogP) is 3.35. The molecule has 3 atom stereocenters. The maximum Gasteiger partial charge on any atom is 0.0834 e. The van der Waals surface area contributed by atoms with Crippen LogP contribution in [0.3, 0.4) is 0 Å². The van der Waals surface area contributed by atoms with Crippen LogP contribution in [0.4, 0.5) is 0 Å². The average Bonchev–Trinajstić information content (AvgIpc) is 2.71. The van der Waals surface area contributed by atoms with Crippen LogP contribution in [-0.4, -0.2) is 31.8 Å². The molecule has 1 aliphatic heterocycles. The lowest BCUT2D eigenvalue weighted by molar-refractivity contribution is 0.480. The summed E-state index contributed by atoms with van der Waals surface area (Å²) >= 11 is 10.2. The number of aromatic nitrogens is 2. The molecule has 102 valence electrons. The Morgan fingerprint density at radius 3 is 2.72 bits per heavy atom. The van der Waals surface area contributed by atoms with Gasteiger partial charge < -0.3 is 5.73 Å². The highest BCUT2D eigenvalue weighted by atomic mass is 35.5. The van der Waals surface area contributed by atoms with Gasteiger partial charge in [0.15, 0.2) is 0 Å². The topological polar surface area (TPSA) is 43.8 Å². The van der Waals surface area contributed by atoms with Gasteiger partial charge in [-0.05, 0) is 13.8 Å². The number of rotatable bonds is 3. The molecule has 6 heteroatoms. The zero-order valence-electron chi connectivity index (χ0n) is 11.0. The van der Waals surface area contributed by atoms with Crippen LogP contribution in [0.15, 0.2) is 6.20 Å². The standard InChI is InChI=1S/C12H20ClN3S2/c1-7(2)16-11(9(13)6-15-16)10(14)12-8(3)17-4-5-18-12/h6-8,10,12H,4-5,14H2,1-3H3. The van der Waals surface area contributed by atoms with E-state index >= 15 is 0 Å². The van der Waals surface area contributed by atoms with Gasteiger partial charge in [-0.1, -0.05) is 18.5 Å². The van der Waals surface area contributed by atoms with Gasteiger partial charge in [0.05, 0.1) is 23.0 Å². The molecular formula is C12H20ClN3S2. The second-order valence-electron chi connectivity index (χ2n) is 4.85. The number of thioether (sulfide) groups is 2. The van der Waals surface area contributed by atoms with E-state index in [-0.39, 0.29) is 12.1 Å². The van der Waals surface area contributed by atoms with E-state index in [0.717, 1.165) is 5.69 Å². The first-order valence-corrected chi connectivity index (χ1v) is 8.71. The minimum absolute atomic E-state index is 0.0461. The molecule has 1 aromatic rings. The van der Waals surface area contributed by atoms with Crippen LogP contribution in [0.2, 0.25) is 5.02 Å². The summed E-state index contributed by atoms with van der Waals surface area (Å²) in [5.41, 5.74) is 7.45. The van der Waals surface area contributed by atoms with Crippen LogP contribution >= 0.6 is 35.1 Å². The first-order chi connectivity index (χ1) is 8.52. The van der Waals surface area contributed by atoms with E-state index < -0.39 is 0 Å². The normalized spacial score (nSPS) is 26.6. The molecule has 0 saturated carbocycles. The number of nitrogens with zero attached hydrogens (tertiary/aromatic N) is 2. The molecule has 0 amide bonds. The second kappa shape index (κ2) is 6.07. The fraction of sp³-hybridized carbons (Fsp3) is 0.750. The molecule has 2 N–H and O–H groups in total. The minimum Gasteiger partial charge on any atom is -0.322 e. The van der Waals surface area contributed by atoms with Crippen molar-refractivity contribution in [3.63, 3.8) is 0 Å². The van der Waals surface area contributed by atoms with E-state index in [4.69, 9.17) is 17.3 Å². The Bertz CT molecular complexity index is 408. The summed E-state index contributed by atoms with van der Waals surface area (Å²) in [7, 11) is 0. The van der Waals surface area contributed by atoms with Gasteiger partial charge in [-0.25, -0.2) is 0 Å².